The molecule has 2 N–H and O–H groups in total. The maximum Gasteiger partial charge on any atom is 0.261 e. The van der Waals surface area contributed by atoms with Crippen molar-refractivity contribution in [1.29, 1.82) is 0 Å². The van der Waals surface area contributed by atoms with Gasteiger partial charge >= 0.3 is 0 Å². The molecule has 0 bridgehead atoms. The Morgan fingerprint density at radius 2 is 1.70 bits per heavy atom. The summed E-state index contributed by atoms with van der Waals surface area (Å²) >= 11 is 0. The van der Waals surface area contributed by atoms with E-state index in [2.05, 4.69) is 15.3 Å². The van der Waals surface area contributed by atoms with Crippen molar-refractivity contribution in [3.8, 4) is 5.75 Å². The Labute approximate surface area is 157 Å². The second-order valence-electron chi connectivity index (χ2n) is 6.30. The molecule has 2 heterocycles. The number of nitrogens with one attached hydrogen (secondary N) is 2. The first-order valence-electron chi connectivity index (χ1n) is 8.55. The largest absolute Gasteiger partial charge is 0.497 e. The Morgan fingerprint density at radius 1 is 1.07 bits per heavy atom. The van der Waals surface area contributed by atoms with Gasteiger partial charge < -0.3 is 15.0 Å². The number of methoxy groups -OCH3 is 1. The fourth-order valence-electron chi connectivity index (χ4n) is 3.05. The van der Waals surface area contributed by atoms with Gasteiger partial charge in [0.1, 0.15) is 11.3 Å². The van der Waals surface area contributed by atoms with Crippen molar-refractivity contribution >= 4 is 5.91 Å². The second kappa shape index (κ2) is 7.86. The molecule has 6 heteroatoms. The van der Waals surface area contributed by atoms with Gasteiger partial charge in [-0.2, -0.15) is 0 Å². The van der Waals surface area contributed by atoms with Crippen molar-refractivity contribution in [3.05, 3.63) is 93.2 Å². The van der Waals surface area contributed by atoms with Crippen LogP contribution in [0.25, 0.3) is 0 Å². The van der Waals surface area contributed by atoms with Crippen molar-refractivity contribution in [2.45, 2.75) is 19.9 Å². The molecular formula is C21H21N3O3. The van der Waals surface area contributed by atoms with Gasteiger partial charge in [-0.25, -0.2) is 0 Å². The zero-order valence-electron chi connectivity index (χ0n) is 15.4. The topological polar surface area (TPSA) is 84.1 Å². The molecule has 0 aliphatic rings. The summed E-state index contributed by atoms with van der Waals surface area (Å²) in [7, 11) is 1.60. The lowest BCUT2D eigenvalue weighted by atomic mass is 9.98. The van der Waals surface area contributed by atoms with E-state index in [0.29, 0.717) is 5.56 Å². The number of H-pyrrole nitrogens is 1. The van der Waals surface area contributed by atoms with Gasteiger partial charge in [0.25, 0.3) is 11.5 Å². The fourth-order valence-corrected chi connectivity index (χ4v) is 3.05. The molecule has 3 aromatic rings. The van der Waals surface area contributed by atoms with Crippen molar-refractivity contribution in [3.63, 3.8) is 0 Å². The Kier molecular flexibility index (Phi) is 5.35. The molecule has 3 rings (SSSR count). The first kappa shape index (κ1) is 18.4. The van der Waals surface area contributed by atoms with E-state index >= 15 is 0 Å². The standard InChI is InChI=1S/C21H21N3O3/c1-13-12-14(2)23-20(25)18(13)21(26)24-19(16-8-10-22-11-9-16)15-4-6-17(27-3)7-5-15/h4-12,19H,1-3H3,(H,23,25)(H,24,26). The number of hydrogen-bond donors (Lipinski definition) is 2. The van der Waals surface area contributed by atoms with E-state index in [0.717, 1.165) is 22.6 Å². The number of amides is 1. The molecule has 0 radical (unpaired) electrons. The van der Waals surface area contributed by atoms with E-state index < -0.39 is 17.5 Å². The molecule has 2 aromatic heterocycles. The Hall–Kier alpha value is -3.41. The minimum Gasteiger partial charge on any atom is -0.497 e. The fraction of sp³-hybridized carbons (Fsp3) is 0.190. The van der Waals surface area contributed by atoms with E-state index in [4.69, 9.17) is 4.74 Å². The van der Waals surface area contributed by atoms with Gasteiger partial charge in [0.15, 0.2) is 0 Å². The van der Waals surface area contributed by atoms with Crippen LogP contribution in [0.3, 0.4) is 0 Å². The molecule has 0 aliphatic carbocycles. The number of carbonyl (C=O) groups excluding carboxylic acids is 1. The van der Waals surface area contributed by atoms with E-state index in [1.54, 1.807) is 39.4 Å². The van der Waals surface area contributed by atoms with Gasteiger partial charge in [-0.05, 0) is 60.9 Å². The second-order valence-corrected chi connectivity index (χ2v) is 6.30. The lowest BCUT2D eigenvalue weighted by Gasteiger charge is -2.20. The van der Waals surface area contributed by atoms with Crippen LogP contribution >= 0.6 is 0 Å². The summed E-state index contributed by atoms with van der Waals surface area (Å²) in [4.78, 5) is 31.9. The molecule has 138 valence electrons. The molecule has 0 saturated carbocycles. The van der Waals surface area contributed by atoms with Gasteiger partial charge in [0, 0.05) is 18.1 Å². The first-order valence-corrected chi connectivity index (χ1v) is 8.55. The lowest BCUT2D eigenvalue weighted by molar-refractivity contribution is 0.0940. The number of aromatic nitrogens is 2. The SMILES string of the molecule is COc1ccc(C(NC(=O)c2c(C)cc(C)[nH]c2=O)c2ccncc2)cc1. The Morgan fingerprint density at radius 3 is 2.30 bits per heavy atom. The number of nitrogens with zero attached hydrogens (tertiary/aromatic N) is 1. The minimum atomic E-state index is -0.425. The van der Waals surface area contributed by atoms with Gasteiger partial charge in [-0.3, -0.25) is 14.6 Å². The smallest absolute Gasteiger partial charge is 0.261 e. The van der Waals surface area contributed by atoms with E-state index in [1.165, 1.54) is 0 Å². The molecule has 1 atom stereocenters. The van der Waals surface area contributed by atoms with Crippen molar-refractivity contribution < 1.29 is 9.53 Å². The van der Waals surface area contributed by atoms with Crippen molar-refractivity contribution in [1.82, 2.24) is 15.3 Å². The van der Waals surface area contributed by atoms with Crippen molar-refractivity contribution in [2.24, 2.45) is 0 Å². The number of benzene rings is 1. The highest BCUT2D eigenvalue weighted by molar-refractivity contribution is 5.95. The average Bonchev–Trinajstić information content (AvgIpc) is 2.66. The summed E-state index contributed by atoms with van der Waals surface area (Å²) < 4.78 is 5.20. The van der Waals surface area contributed by atoms with E-state index in [-0.39, 0.29) is 5.56 Å². The third-order valence-corrected chi connectivity index (χ3v) is 4.36. The molecule has 1 aromatic carbocycles. The van der Waals surface area contributed by atoms with Crippen LogP contribution < -0.4 is 15.6 Å². The third kappa shape index (κ3) is 4.06. The quantitative estimate of drug-likeness (QED) is 0.730. The number of rotatable bonds is 5. The zero-order valence-corrected chi connectivity index (χ0v) is 15.4. The van der Waals surface area contributed by atoms with Crippen LogP contribution in [0.5, 0.6) is 5.75 Å². The van der Waals surface area contributed by atoms with Gasteiger partial charge in [0.05, 0.1) is 13.2 Å². The summed E-state index contributed by atoms with van der Waals surface area (Å²) in [5.74, 6) is 0.302. The third-order valence-electron chi connectivity index (χ3n) is 4.36. The molecule has 0 fully saturated rings. The number of aryl methyl sites for hydroxylation is 2. The normalized spacial score (nSPS) is 11.7. The number of pyridine rings is 2. The highest BCUT2D eigenvalue weighted by Crippen LogP contribution is 2.24. The van der Waals surface area contributed by atoms with Crippen LogP contribution in [0, 0.1) is 13.8 Å². The number of carbonyl (C=O) groups is 1. The first-order chi connectivity index (χ1) is 13.0. The zero-order chi connectivity index (χ0) is 19.4. The van der Waals surface area contributed by atoms with Crippen LogP contribution in [0.2, 0.25) is 0 Å². The highest BCUT2D eigenvalue weighted by Gasteiger charge is 2.21. The lowest BCUT2D eigenvalue weighted by Crippen LogP contribution is -2.34. The molecular weight excluding hydrogens is 342 g/mol. The summed E-state index contributed by atoms with van der Waals surface area (Å²) in [6, 6.07) is 12.5. The summed E-state index contributed by atoms with van der Waals surface area (Å²) in [5, 5.41) is 2.98. The molecule has 0 spiro atoms. The maximum atomic E-state index is 12.9. The van der Waals surface area contributed by atoms with E-state index in [9.17, 15) is 9.59 Å². The molecule has 27 heavy (non-hydrogen) atoms. The van der Waals surface area contributed by atoms with Gasteiger partial charge in [-0.15, -0.1) is 0 Å². The van der Waals surface area contributed by atoms with Crippen LogP contribution in [0.15, 0.2) is 59.7 Å². The van der Waals surface area contributed by atoms with Crippen LogP contribution in [-0.2, 0) is 0 Å². The Balaban J connectivity index is 1.99. The summed E-state index contributed by atoms with van der Waals surface area (Å²) in [6.45, 7) is 3.54. The predicted molar refractivity (Wildman–Crippen MR) is 103 cm³/mol. The van der Waals surface area contributed by atoms with Crippen LogP contribution in [0.1, 0.15) is 38.8 Å². The molecule has 1 amide bonds. The number of ether oxygens (including phenoxy) is 1. The summed E-state index contributed by atoms with van der Waals surface area (Å²) in [5.41, 5.74) is 2.81. The highest BCUT2D eigenvalue weighted by atomic mass is 16.5. The monoisotopic (exact) mass is 363 g/mol. The van der Waals surface area contributed by atoms with E-state index in [1.807, 2.05) is 36.4 Å². The maximum absolute atomic E-state index is 12.9. The number of aromatic amines is 1. The molecule has 6 nitrogen and oxygen atoms in total. The Bertz CT molecular complexity index is 995. The molecule has 0 aliphatic heterocycles. The van der Waals surface area contributed by atoms with Crippen molar-refractivity contribution in [2.75, 3.05) is 7.11 Å². The predicted octanol–water partition coefficient (Wildman–Crippen LogP) is 2.91. The minimum absolute atomic E-state index is 0.119. The van der Waals surface area contributed by atoms with Crippen LogP contribution in [0.4, 0.5) is 0 Å². The van der Waals surface area contributed by atoms with Crippen LogP contribution in [-0.4, -0.2) is 23.0 Å². The van der Waals surface area contributed by atoms with Gasteiger partial charge in [0.2, 0.25) is 0 Å². The number of hydrogen-bond acceptors (Lipinski definition) is 4. The summed E-state index contributed by atoms with van der Waals surface area (Å²) in [6.07, 6.45) is 3.34. The van der Waals surface area contributed by atoms with Gasteiger partial charge in [-0.1, -0.05) is 12.1 Å². The average molecular weight is 363 g/mol. The molecule has 0 saturated heterocycles. The molecule has 1 unspecified atom stereocenters.